The van der Waals surface area contributed by atoms with Crippen LogP contribution in [0.4, 0.5) is 0 Å². The van der Waals surface area contributed by atoms with Gasteiger partial charge in [0.25, 0.3) is 0 Å². The number of aliphatic carboxylic acids is 1. The third kappa shape index (κ3) is 3.27. The van der Waals surface area contributed by atoms with Gasteiger partial charge in [-0.25, -0.2) is 4.79 Å². The molecule has 1 heterocycles. The van der Waals surface area contributed by atoms with Gasteiger partial charge in [-0.1, -0.05) is 32.9 Å². The maximum Gasteiger partial charge on any atom is 0.328 e. The fraction of sp³-hybridized carbons (Fsp3) is 0. The first kappa shape index (κ1) is 8.39. The van der Waals surface area contributed by atoms with Crippen molar-refractivity contribution in [1.82, 2.24) is 0 Å². The predicted molar refractivity (Wildman–Crippen MR) is 54.1 cm³/mol. The molecule has 3 heteroatoms. The van der Waals surface area contributed by atoms with Gasteiger partial charge in [0.2, 0.25) is 0 Å². The zero-order chi connectivity index (χ0) is 8.10. The van der Waals surface area contributed by atoms with Crippen molar-refractivity contribution in [3.63, 3.8) is 0 Å². The van der Waals surface area contributed by atoms with Gasteiger partial charge in [0.15, 0.2) is 0 Å². The molecule has 0 aromatic carbocycles. The molecule has 0 aliphatic carbocycles. The highest BCUT2D eigenvalue weighted by Crippen LogP contribution is 2.09. The number of carboxylic acids is 1. The minimum Gasteiger partial charge on any atom is -0.478 e. The van der Waals surface area contributed by atoms with E-state index in [0.29, 0.717) is 0 Å². The van der Waals surface area contributed by atoms with E-state index in [2.05, 4.69) is 8.09 Å². The number of allylic oxidation sites excluding steroid dienone is 4. The first-order valence-corrected chi connectivity index (χ1v) is 5.51. The van der Waals surface area contributed by atoms with Gasteiger partial charge in [-0.3, -0.25) is 0 Å². The standard InChI is InChI=1S/C8H7IO2/c10-8(11)4-3-7-2-1-5-9-6-7/h1-6H,(H,10,11)/b4-3+. The van der Waals surface area contributed by atoms with Gasteiger partial charge in [0.05, 0.1) is 0 Å². The fourth-order valence-corrected chi connectivity index (χ4v) is 2.08. The predicted octanol–water partition coefficient (Wildman–Crippen LogP) is 1.85. The van der Waals surface area contributed by atoms with E-state index >= 15 is 0 Å². The molecule has 1 rings (SSSR count). The van der Waals surface area contributed by atoms with E-state index in [1.807, 2.05) is 12.2 Å². The molecule has 0 saturated carbocycles. The Morgan fingerprint density at radius 1 is 1.64 bits per heavy atom. The molecule has 0 aromatic rings. The number of carbonyl (C=O) groups is 1. The van der Waals surface area contributed by atoms with E-state index in [9.17, 15) is 4.79 Å². The van der Waals surface area contributed by atoms with Crippen LogP contribution in [0.15, 0.2) is 34.0 Å². The highest BCUT2D eigenvalue weighted by Gasteiger charge is 1.89. The van der Waals surface area contributed by atoms with Crippen molar-refractivity contribution in [2.24, 2.45) is 0 Å². The van der Waals surface area contributed by atoms with Crippen molar-refractivity contribution in [3.8, 4) is 0 Å². The number of hydrogen-bond acceptors (Lipinski definition) is 1. The lowest BCUT2D eigenvalue weighted by molar-refractivity contribution is -0.131. The summed E-state index contributed by atoms with van der Waals surface area (Å²) in [7, 11) is 0. The first-order chi connectivity index (χ1) is 5.29. The van der Waals surface area contributed by atoms with Crippen molar-refractivity contribution in [1.29, 1.82) is 0 Å². The molecule has 2 nitrogen and oxygen atoms in total. The molecule has 0 fully saturated rings. The average molecular weight is 262 g/mol. The molecule has 0 atom stereocenters. The second-order valence-corrected chi connectivity index (χ2v) is 3.95. The molecule has 0 spiro atoms. The smallest absolute Gasteiger partial charge is 0.328 e. The summed E-state index contributed by atoms with van der Waals surface area (Å²) in [5.74, 6) is -0.896. The molecule has 0 saturated heterocycles. The van der Waals surface area contributed by atoms with E-state index in [4.69, 9.17) is 5.11 Å². The normalized spacial score (nSPS) is 16.2. The van der Waals surface area contributed by atoms with E-state index in [1.54, 1.807) is 6.08 Å². The van der Waals surface area contributed by atoms with Gasteiger partial charge in [0, 0.05) is 6.08 Å². The van der Waals surface area contributed by atoms with E-state index < -0.39 is 5.97 Å². The van der Waals surface area contributed by atoms with Crippen LogP contribution in [0.2, 0.25) is 0 Å². The fourth-order valence-electron chi connectivity index (χ4n) is 0.594. The Morgan fingerprint density at radius 2 is 2.45 bits per heavy atom. The van der Waals surface area contributed by atoms with Gasteiger partial charge < -0.3 is 5.11 Å². The SMILES string of the molecule is O=C(O)/C=C/C1=CC=CI=C1. The van der Waals surface area contributed by atoms with E-state index in [1.165, 1.54) is 0 Å². The third-order valence-corrected chi connectivity index (χ3v) is 2.95. The molecular weight excluding hydrogens is 255 g/mol. The first-order valence-electron chi connectivity index (χ1n) is 3.02. The third-order valence-electron chi connectivity index (χ3n) is 1.04. The summed E-state index contributed by atoms with van der Waals surface area (Å²) in [6.45, 7) is 0. The number of rotatable bonds is 2. The van der Waals surface area contributed by atoms with Crippen molar-refractivity contribution >= 4 is 30.7 Å². The van der Waals surface area contributed by atoms with E-state index in [0.717, 1.165) is 11.6 Å². The Bertz CT molecular complexity index is 272. The zero-order valence-electron chi connectivity index (χ0n) is 5.70. The van der Waals surface area contributed by atoms with Crippen molar-refractivity contribution < 1.29 is 9.90 Å². The van der Waals surface area contributed by atoms with Crippen LogP contribution < -0.4 is 0 Å². The van der Waals surface area contributed by atoms with Crippen LogP contribution in [0.5, 0.6) is 0 Å². The summed E-state index contributed by atoms with van der Waals surface area (Å²) >= 11 is 0.0242. The lowest BCUT2D eigenvalue weighted by atomic mass is 10.2. The lowest BCUT2D eigenvalue weighted by Crippen LogP contribution is -1.87. The highest BCUT2D eigenvalue weighted by molar-refractivity contribution is 14.2. The summed E-state index contributed by atoms with van der Waals surface area (Å²) in [5, 5.41) is 8.31. The summed E-state index contributed by atoms with van der Waals surface area (Å²) in [6.07, 6.45) is 6.65. The second kappa shape index (κ2) is 4.23. The van der Waals surface area contributed by atoms with Crippen LogP contribution in [-0.2, 0) is 4.79 Å². The maximum atomic E-state index is 10.1. The van der Waals surface area contributed by atoms with Crippen LogP contribution >= 0.6 is 20.7 Å². The molecule has 1 N–H and O–H groups in total. The highest BCUT2D eigenvalue weighted by atomic mass is 127. The Hall–Kier alpha value is -0.710. The average Bonchev–Trinajstić information content (AvgIpc) is 2.03. The Balaban J connectivity index is 2.64. The summed E-state index contributed by atoms with van der Waals surface area (Å²) in [4.78, 5) is 10.1. The second-order valence-electron chi connectivity index (χ2n) is 1.89. The Labute approximate surface area is 74.7 Å². The Kier molecular flexibility index (Phi) is 3.22. The molecular formula is C8H7IO2. The van der Waals surface area contributed by atoms with Crippen molar-refractivity contribution in [2.75, 3.05) is 0 Å². The van der Waals surface area contributed by atoms with Crippen LogP contribution in [0, 0.1) is 0 Å². The van der Waals surface area contributed by atoms with Crippen LogP contribution in [0.1, 0.15) is 0 Å². The van der Waals surface area contributed by atoms with Gasteiger partial charge in [-0.15, -0.1) is 0 Å². The molecule has 58 valence electrons. The molecule has 1 aliphatic heterocycles. The summed E-state index contributed by atoms with van der Waals surface area (Å²) < 4.78 is 4.20. The topological polar surface area (TPSA) is 37.3 Å². The quantitative estimate of drug-likeness (QED) is 0.609. The molecule has 0 radical (unpaired) electrons. The number of halogens is 1. The summed E-state index contributed by atoms with van der Waals surface area (Å²) in [5.41, 5.74) is 1.00. The van der Waals surface area contributed by atoms with Gasteiger partial charge in [-0.05, 0) is 19.7 Å². The number of carboxylic acid groups (broad SMARTS) is 1. The molecule has 0 unspecified atom stereocenters. The van der Waals surface area contributed by atoms with Gasteiger partial charge in [0.1, 0.15) is 0 Å². The minimum absolute atomic E-state index is 0.0242. The van der Waals surface area contributed by atoms with Crippen LogP contribution in [0.3, 0.4) is 0 Å². The molecule has 0 bridgehead atoms. The number of hydrogen-bond donors (Lipinski definition) is 1. The molecule has 1 aliphatic rings. The van der Waals surface area contributed by atoms with Crippen molar-refractivity contribution in [3.05, 3.63) is 34.0 Å². The molecule has 0 amide bonds. The van der Waals surface area contributed by atoms with Crippen LogP contribution in [0.25, 0.3) is 0 Å². The van der Waals surface area contributed by atoms with Gasteiger partial charge >= 0.3 is 5.97 Å². The lowest BCUT2D eigenvalue weighted by Gasteiger charge is -1.92. The summed E-state index contributed by atoms with van der Waals surface area (Å²) in [6, 6.07) is 0. The zero-order valence-corrected chi connectivity index (χ0v) is 7.86. The largest absolute Gasteiger partial charge is 0.478 e. The Morgan fingerprint density at radius 3 is 3.00 bits per heavy atom. The van der Waals surface area contributed by atoms with E-state index in [-0.39, 0.29) is 20.7 Å². The molecule has 11 heavy (non-hydrogen) atoms. The molecule has 0 aromatic heterocycles. The van der Waals surface area contributed by atoms with Crippen molar-refractivity contribution in [2.45, 2.75) is 0 Å². The van der Waals surface area contributed by atoms with Gasteiger partial charge in [-0.2, -0.15) is 0 Å². The minimum atomic E-state index is -0.896. The van der Waals surface area contributed by atoms with Crippen LogP contribution in [-0.4, -0.2) is 15.1 Å². The monoisotopic (exact) mass is 262 g/mol. The maximum absolute atomic E-state index is 10.1.